The molecule has 29 heavy (non-hydrogen) atoms. The van der Waals surface area contributed by atoms with E-state index in [1.165, 1.54) is 33.4 Å². The van der Waals surface area contributed by atoms with Gasteiger partial charge >= 0.3 is 5.97 Å². The molecular formula is C26H29NO2. The fourth-order valence-corrected chi connectivity index (χ4v) is 3.66. The van der Waals surface area contributed by atoms with Crippen LogP contribution in [0.3, 0.4) is 0 Å². The normalized spacial score (nSPS) is 11.0. The summed E-state index contributed by atoms with van der Waals surface area (Å²) in [7, 11) is 0. The Hall–Kier alpha value is -2.91. The minimum atomic E-state index is -0.757. The number of aryl methyl sites for hydroxylation is 2. The van der Waals surface area contributed by atoms with Crippen molar-refractivity contribution in [2.75, 3.05) is 6.54 Å². The number of carboxylic acid groups (broad SMARTS) is 1. The lowest BCUT2D eigenvalue weighted by molar-refractivity contribution is -0.137. The average Bonchev–Trinajstić information content (AvgIpc) is 2.68. The molecule has 0 fully saturated rings. The van der Waals surface area contributed by atoms with Crippen molar-refractivity contribution in [1.29, 1.82) is 0 Å². The summed E-state index contributed by atoms with van der Waals surface area (Å²) in [5.41, 5.74) is 7.58. The zero-order valence-electron chi connectivity index (χ0n) is 17.3. The maximum atomic E-state index is 11.1. The fourth-order valence-electron chi connectivity index (χ4n) is 3.66. The van der Waals surface area contributed by atoms with E-state index in [0.717, 1.165) is 19.5 Å². The van der Waals surface area contributed by atoms with E-state index in [-0.39, 0.29) is 6.42 Å². The van der Waals surface area contributed by atoms with Crippen molar-refractivity contribution in [1.82, 2.24) is 4.90 Å². The van der Waals surface area contributed by atoms with Crippen LogP contribution >= 0.6 is 0 Å². The van der Waals surface area contributed by atoms with Gasteiger partial charge in [0.25, 0.3) is 0 Å². The number of hydrogen-bond acceptors (Lipinski definition) is 2. The molecule has 0 bridgehead atoms. The van der Waals surface area contributed by atoms with E-state index in [1.807, 2.05) is 0 Å². The largest absolute Gasteiger partial charge is 0.481 e. The Labute approximate surface area is 173 Å². The molecule has 1 N–H and O–H groups in total. The zero-order valence-corrected chi connectivity index (χ0v) is 17.3. The Balaban J connectivity index is 1.74. The highest BCUT2D eigenvalue weighted by Gasteiger charge is 2.11. The predicted octanol–water partition coefficient (Wildman–Crippen LogP) is 5.37. The van der Waals surface area contributed by atoms with Crippen LogP contribution in [0, 0.1) is 13.8 Å². The van der Waals surface area contributed by atoms with Crippen molar-refractivity contribution in [2.24, 2.45) is 0 Å². The van der Waals surface area contributed by atoms with Crippen molar-refractivity contribution in [3.8, 4) is 0 Å². The lowest BCUT2D eigenvalue weighted by atomic mass is 9.99. The average molecular weight is 388 g/mol. The van der Waals surface area contributed by atoms with E-state index in [2.05, 4.69) is 91.5 Å². The number of hydrogen-bond donors (Lipinski definition) is 1. The molecule has 0 heterocycles. The van der Waals surface area contributed by atoms with Gasteiger partial charge in [-0.15, -0.1) is 0 Å². The standard InChI is InChI=1S/C26H29NO2/c1-20-7-5-10-23(15-20)18-27(14-13-26(28)29)19-24-11-6-9-22(16-24)17-25-12-4-3-8-21(25)2/h3-12,15-16H,13-14,17-19H2,1-2H3,(H,28,29). The second-order valence-electron chi connectivity index (χ2n) is 7.77. The number of aliphatic carboxylic acids is 1. The highest BCUT2D eigenvalue weighted by molar-refractivity contribution is 5.66. The Bertz CT molecular complexity index is 964. The zero-order chi connectivity index (χ0) is 20.6. The Morgan fingerprint density at radius 2 is 1.48 bits per heavy atom. The van der Waals surface area contributed by atoms with E-state index >= 15 is 0 Å². The second-order valence-corrected chi connectivity index (χ2v) is 7.77. The summed E-state index contributed by atoms with van der Waals surface area (Å²) < 4.78 is 0. The number of benzene rings is 3. The van der Waals surface area contributed by atoms with Gasteiger partial charge in [-0.05, 0) is 48.1 Å². The molecule has 0 saturated carbocycles. The first-order valence-electron chi connectivity index (χ1n) is 10.1. The van der Waals surface area contributed by atoms with Gasteiger partial charge in [0.05, 0.1) is 6.42 Å². The van der Waals surface area contributed by atoms with E-state index in [1.54, 1.807) is 0 Å². The summed E-state index contributed by atoms with van der Waals surface area (Å²) in [5, 5.41) is 9.15. The highest BCUT2D eigenvalue weighted by Crippen LogP contribution is 2.17. The van der Waals surface area contributed by atoms with E-state index in [0.29, 0.717) is 6.54 Å². The van der Waals surface area contributed by atoms with Crippen LogP contribution in [0.25, 0.3) is 0 Å². The monoisotopic (exact) mass is 387 g/mol. The lowest BCUT2D eigenvalue weighted by Crippen LogP contribution is -2.25. The minimum absolute atomic E-state index is 0.148. The number of nitrogens with zero attached hydrogens (tertiary/aromatic N) is 1. The lowest BCUT2D eigenvalue weighted by Gasteiger charge is -2.22. The van der Waals surface area contributed by atoms with Crippen LogP contribution < -0.4 is 0 Å². The Morgan fingerprint density at radius 3 is 2.17 bits per heavy atom. The molecule has 0 amide bonds. The first-order valence-corrected chi connectivity index (χ1v) is 10.1. The van der Waals surface area contributed by atoms with Gasteiger partial charge in [-0.1, -0.05) is 78.4 Å². The molecule has 0 aliphatic rings. The third kappa shape index (κ3) is 6.58. The topological polar surface area (TPSA) is 40.5 Å². The quantitative estimate of drug-likeness (QED) is 0.536. The van der Waals surface area contributed by atoms with Crippen molar-refractivity contribution in [3.05, 3.63) is 106 Å². The third-order valence-corrected chi connectivity index (χ3v) is 5.18. The van der Waals surface area contributed by atoms with Crippen LogP contribution in [0.2, 0.25) is 0 Å². The van der Waals surface area contributed by atoms with Gasteiger partial charge < -0.3 is 5.11 Å². The van der Waals surface area contributed by atoms with E-state index in [9.17, 15) is 4.79 Å². The molecule has 0 unspecified atom stereocenters. The van der Waals surface area contributed by atoms with Crippen LogP contribution in [0.1, 0.15) is 39.8 Å². The third-order valence-electron chi connectivity index (χ3n) is 5.18. The summed E-state index contributed by atoms with van der Waals surface area (Å²) in [5.74, 6) is -0.757. The van der Waals surface area contributed by atoms with Crippen LogP contribution in [0.4, 0.5) is 0 Å². The summed E-state index contributed by atoms with van der Waals surface area (Å²) in [4.78, 5) is 13.3. The molecule has 0 aliphatic carbocycles. The molecule has 0 aliphatic heterocycles. The molecule has 0 radical (unpaired) electrons. The van der Waals surface area contributed by atoms with Gasteiger partial charge in [0.15, 0.2) is 0 Å². The summed E-state index contributed by atoms with van der Waals surface area (Å²) in [6.45, 7) is 6.25. The van der Waals surface area contributed by atoms with E-state index in [4.69, 9.17) is 5.11 Å². The molecule has 0 saturated heterocycles. The number of carbonyl (C=O) groups is 1. The first-order chi connectivity index (χ1) is 14.0. The molecule has 3 nitrogen and oxygen atoms in total. The molecule has 3 heteroatoms. The van der Waals surface area contributed by atoms with Gasteiger partial charge in [-0.25, -0.2) is 0 Å². The molecule has 3 aromatic carbocycles. The van der Waals surface area contributed by atoms with Gasteiger partial charge in [-0.3, -0.25) is 9.69 Å². The summed E-state index contributed by atoms with van der Waals surface area (Å²) in [6.07, 6.45) is 1.06. The van der Waals surface area contributed by atoms with Gasteiger partial charge in [-0.2, -0.15) is 0 Å². The predicted molar refractivity (Wildman–Crippen MR) is 118 cm³/mol. The maximum Gasteiger partial charge on any atom is 0.304 e. The molecule has 0 spiro atoms. The van der Waals surface area contributed by atoms with Crippen molar-refractivity contribution in [2.45, 2.75) is 39.8 Å². The smallest absolute Gasteiger partial charge is 0.304 e. The first kappa shape index (κ1) is 20.8. The summed E-state index contributed by atoms with van der Waals surface area (Å²) >= 11 is 0. The molecule has 0 aromatic heterocycles. The molecular weight excluding hydrogens is 358 g/mol. The Kier molecular flexibility index (Phi) is 7.20. The number of carboxylic acids is 1. The molecule has 0 atom stereocenters. The van der Waals surface area contributed by atoms with Gasteiger partial charge in [0.2, 0.25) is 0 Å². The molecule has 3 aromatic rings. The van der Waals surface area contributed by atoms with Crippen molar-refractivity contribution in [3.63, 3.8) is 0 Å². The fraction of sp³-hybridized carbons (Fsp3) is 0.269. The Morgan fingerprint density at radius 1 is 0.828 bits per heavy atom. The van der Waals surface area contributed by atoms with Crippen LogP contribution in [-0.4, -0.2) is 22.5 Å². The van der Waals surface area contributed by atoms with Crippen molar-refractivity contribution < 1.29 is 9.90 Å². The number of rotatable bonds is 9. The molecule has 3 rings (SSSR count). The van der Waals surface area contributed by atoms with Gasteiger partial charge in [0, 0.05) is 19.6 Å². The second kappa shape index (κ2) is 10.0. The van der Waals surface area contributed by atoms with Crippen LogP contribution in [0.15, 0.2) is 72.8 Å². The minimum Gasteiger partial charge on any atom is -0.481 e. The maximum absolute atomic E-state index is 11.1. The van der Waals surface area contributed by atoms with E-state index < -0.39 is 5.97 Å². The summed E-state index contributed by atoms with van der Waals surface area (Å²) in [6, 6.07) is 25.5. The SMILES string of the molecule is Cc1cccc(CN(CCC(=O)O)Cc2cccc(Cc3ccccc3C)c2)c1. The van der Waals surface area contributed by atoms with Gasteiger partial charge in [0.1, 0.15) is 0 Å². The van der Waals surface area contributed by atoms with Crippen LogP contribution in [-0.2, 0) is 24.3 Å². The van der Waals surface area contributed by atoms with Crippen LogP contribution in [0.5, 0.6) is 0 Å². The molecule has 150 valence electrons. The van der Waals surface area contributed by atoms with Crippen molar-refractivity contribution >= 4 is 5.97 Å². The highest BCUT2D eigenvalue weighted by atomic mass is 16.4.